The number of phenols is 1. The molecule has 2 aromatic rings. The maximum Gasteiger partial charge on any atom is 0.115 e. The monoisotopic (exact) mass is 198 g/mol. The molecule has 76 valence electrons. The zero-order valence-electron chi connectivity index (χ0n) is 8.22. The van der Waals surface area contributed by atoms with Gasteiger partial charge in [0, 0.05) is 0 Å². The Hall–Kier alpha value is -1.80. The second-order valence-corrected chi connectivity index (χ2v) is 3.44. The molecule has 1 unspecified atom stereocenters. The predicted octanol–water partition coefficient (Wildman–Crippen LogP) is 3.53. The second kappa shape index (κ2) is 4.15. The predicted molar refractivity (Wildman–Crippen MR) is 60.7 cm³/mol. The third kappa shape index (κ3) is 2.17. The lowest BCUT2D eigenvalue weighted by atomic mass is 10.00. The van der Waals surface area contributed by atoms with Gasteiger partial charge in [0.15, 0.2) is 0 Å². The number of benzene rings is 2. The molecule has 2 heteroatoms. The van der Waals surface area contributed by atoms with Crippen molar-refractivity contribution in [3.8, 4) is 5.75 Å². The molecular formula is C13H12NO-. The van der Waals surface area contributed by atoms with Gasteiger partial charge in [-0.25, -0.2) is 0 Å². The van der Waals surface area contributed by atoms with Gasteiger partial charge in [-0.15, -0.1) is 0 Å². The first kappa shape index (κ1) is 9.74. The second-order valence-electron chi connectivity index (χ2n) is 3.44. The standard InChI is InChI=1S/C13H12NO/c14-13(10-5-2-1-3-6-10)11-7-4-8-12(15)9-11/h1-9,13-15H/q-1. The summed E-state index contributed by atoms with van der Waals surface area (Å²) in [7, 11) is 0. The number of aromatic hydroxyl groups is 1. The summed E-state index contributed by atoms with van der Waals surface area (Å²) >= 11 is 0. The van der Waals surface area contributed by atoms with E-state index in [1.54, 1.807) is 18.2 Å². The molecule has 2 nitrogen and oxygen atoms in total. The van der Waals surface area contributed by atoms with Crippen molar-refractivity contribution in [3.63, 3.8) is 0 Å². The molecule has 0 aliphatic rings. The van der Waals surface area contributed by atoms with Crippen molar-refractivity contribution in [1.82, 2.24) is 0 Å². The molecule has 0 fully saturated rings. The summed E-state index contributed by atoms with van der Waals surface area (Å²) in [5, 5.41) is 9.33. The lowest BCUT2D eigenvalue weighted by Crippen LogP contribution is -1.93. The van der Waals surface area contributed by atoms with Crippen LogP contribution >= 0.6 is 0 Å². The van der Waals surface area contributed by atoms with E-state index in [4.69, 9.17) is 5.73 Å². The molecule has 0 saturated heterocycles. The average molecular weight is 198 g/mol. The van der Waals surface area contributed by atoms with Crippen LogP contribution in [0.15, 0.2) is 54.6 Å². The first-order chi connectivity index (χ1) is 7.27. The van der Waals surface area contributed by atoms with Gasteiger partial charge in [-0.2, -0.15) is 0 Å². The highest BCUT2D eigenvalue weighted by molar-refractivity contribution is 5.37. The van der Waals surface area contributed by atoms with Crippen LogP contribution in [0.4, 0.5) is 0 Å². The molecule has 0 radical (unpaired) electrons. The van der Waals surface area contributed by atoms with Gasteiger partial charge >= 0.3 is 0 Å². The summed E-state index contributed by atoms with van der Waals surface area (Å²) < 4.78 is 0. The first-order valence-corrected chi connectivity index (χ1v) is 4.82. The molecule has 2 N–H and O–H groups in total. The highest BCUT2D eigenvalue weighted by atomic mass is 16.3. The first-order valence-electron chi connectivity index (χ1n) is 4.82. The summed E-state index contributed by atoms with van der Waals surface area (Å²) in [6.45, 7) is 0. The van der Waals surface area contributed by atoms with Gasteiger partial charge in [-0.05, 0) is 12.1 Å². The van der Waals surface area contributed by atoms with E-state index in [1.807, 2.05) is 36.4 Å². The highest BCUT2D eigenvalue weighted by Gasteiger charge is 2.01. The number of hydrogen-bond acceptors (Lipinski definition) is 1. The van der Waals surface area contributed by atoms with Crippen molar-refractivity contribution in [2.45, 2.75) is 6.04 Å². The van der Waals surface area contributed by atoms with E-state index in [2.05, 4.69) is 0 Å². The summed E-state index contributed by atoms with van der Waals surface area (Å²) in [5.41, 5.74) is 9.78. The van der Waals surface area contributed by atoms with Gasteiger partial charge in [0.1, 0.15) is 5.75 Å². The molecule has 15 heavy (non-hydrogen) atoms. The quantitative estimate of drug-likeness (QED) is 0.788. The van der Waals surface area contributed by atoms with Gasteiger partial charge in [0.25, 0.3) is 0 Å². The molecule has 0 heterocycles. The Morgan fingerprint density at radius 1 is 0.867 bits per heavy atom. The fourth-order valence-corrected chi connectivity index (χ4v) is 1.54. The largest absolute Gasteiger partial charge is 0.667 e. The zero-order chi connectivity index (χ0) is 10.7. The van der Waals surface area contributed by atoms with Gasteiger partial charge < -0.3 is 10.8 Å². The molecule has 0 spiro atoms. The normalized spacial score (nSPS) is 12.3. The number of nitrogens with one attached hydrogen (secondary N) is 1. The van der Waals surface area contributed by atoms with Crippen LogP contribution in [-0.2, 0) is 0 Å². The van der Waals surface area contributed by atoms with Crippen LogP contribution in [0.2, 0.25) is 0 Å². The van der Waals surface area contributed by atoms with Crippen molar-refractivity contribution in [2.24, 2.45) is 0 Å². The molecule has 0 aliphatic heterocycles. The molecule has 0 saturated carbocycles. The molecule has 2 rings (SSSR count). The maximum atomic E-state index is 9.33. The smallest absolute Gasteiger partial charge is 0.115 e. The van der Waals surface area contributed by atoms with Crippen LogP contribution in [0.5, 0.6) is 5.75 Å². The highest BCUT2D eigenvalue weighted by Crippen LogP contribution is 2.26. The Morgan fingerprint density at radius 3 is 2.20 bits per heavy atom. The van der Waals surface area contributed by atoms with E-state index in [9.17, 15) is 5.11 Å². The van der Waals surface area contributed by atoms with E-state index in [0.29, 0.717) is 0 Å². The molecule has 0 bridgehead atoms. The fourth-order valence-electron chi connectivity index (χ4n) is 1.54. The lowest BCUT2D eigenvalue weighted by Gasteiger charge is -2.21. The molecule has 0 aliphatic carbocycles. The van der Waals surface area contributed by atoms with Crippen LogP contribution in [-0.4, -0.2) is 5.11 Å². The third-order valence-corrected chi connectivity index (χ3v) is 2.34. The Balaban J connectivity index is 2.32. The molecule has 0 aromatic heterocycles. The van der Waals surface area contributed by atoms with E-state index in [0.717, 1.165) is 11.1 Å². The van der Waals surface area contributed by atoms with Crippen LogP contribution < -0.4 is 0 Å². The van der Waals surface area contributed by atoms with Gasteiger partial charge in [0.2, 0.25) is 0 Å². The van der Waals surface area contributed by atoms with Crippen molar-refractivity contribution >= 4 is 0 Å². The minimum atomic E-state index is -0.432. The number of phenolic OH excluding ortho intramolecular Hbond substituents is 1. The Bertz CT molecular complexity index is 439. The third-order valence-electron chi connectivity index (χ3n) is 2.34. The van der Waals surface area contributed by atoms with E-state index >= 15 is 0 Å². The Morgan fingerprint density at radius 2 is 1.53 bits per heavy atom. The van der Waals surface area contributed by atoms with Crippen LogP contribution in [0.1, 0.15) is 17.2 Å². The van der Waals surface area contributed by atoms with Crippen LogP contribution in [0, 0.1) is 0 Å². The van der Waals surface area contributed by atoms with Crippen molar-refractivity contribution in [3.05, 3.63) is 71.5 Å². The summed E-state index contributed by atoms with van der Waals surface area (Å²) in [6, 6.07) is 16.0. The minimum absolute atomic E-state index is 0.209. The topological polar surface area (TPSA) is 44.0 Å². The number of hydrogen-bond donors (Lipinski definition) is 1. The molecule has 1 atom stereocenters. The minimum Gasteiger partial charge on any atom is -0.667 e. The van der Waals surface area contributed by atoms with Gasteiger partial charge in [-0.3, -0.25) is 0 Å². The van der Waals surface area contributed by atoms with Crippen molar-refractivity contribution in [2.75, 3.05) is 0 Å². The Kier molecular flexibility index (Phi) is 2.70. The molecule has 2 aromatic carbocycles. The zero-order valence-corrected chi connectivity index (χ0v) is 8.22. The van der Waals surface area contributed by atoms with Crippen LogP contribution in [0.3, 0.4) is 0 Å². The van der Waals surface area contributed by atoms with E-state index in [1.165, 1.54) is 0 Å². The van der Waals surface area contributed by atoms with Crippen LogP contribution in [0.25, 0.3) is 5.73 Å². The summed E-state index contributed by atoms with van der Waals surface area (Å²) in [6.07, 6.45) is 0. The van der Waals surface area contributed by atoms with E-state index in [-0.39, 0.29) is 5.75 Å². The summed E-state index contributed by atoms with van der Waals surface area (Å²) in [5.74, 6) is 0.209. The van der Waals surface area contributed by atoms with Gasteiger partial charge in [0.05, 0.1) is 0 Å². The van der Waals surface area contributed by atoms with Crippen molar-refractivity contribution < 1.29 is 5.11 Å². The number of rotatable bonds is 2. The molecular weight excluding hydrogens is 186 g/mol. The lowest BCUT2D eigenvalue weighted by molar-refractivity contribution is 0.474. The SMILES string of the molecule is [NH-]C(c1ccccc1)c1cccc(O)c1. The fraction of sp³-hybridized carbons (Fsp3) is 0.0769. The van der Waals surface area contributed by atoms with Gasteiger partial charge in [-0.1, -0.05) is 59.6 Å². The Labute approximate surface area is 89.0 Å². The molecule has 0 amide bonds. The average Bonchev–Trinajstić information content (AvgIpc) is 2.29. The van der Waals surface area contributed by atoms with Crippen molar-refractivity contribution in [1.29, 1.82) is 0 Å². The summed E-state index contributed by atoms with van der Waals surface area (Å²) in [4.78, 5) is 0. The van der Waals surface area contributed by atoms with E-state index < -0.39 is 6.04 Å². The maximum absolute atomic E-state index is 9.33.